The number of hydrogen-bond donors (Lipinski definition) is 0. The Labute approximate surface area is 182 Å². The van der Waals surface area contributed by atoms with Crippen molar-refractivity contribution in [2.45, 2.75) is 16.3 Å². The van der Waals surface area contributed by atoms with Gasteiger partial charge in [-0.15, -0.1) is 23.5 Å². The molecule has 1 amide bonds. The van der Waals surface area contributed by atoms with E-state index in [0.29, 0.717) is 17.2 Å². The van der Waals surface area contributed by atoms with Crippen molar-refractivity contribution in [3.63, 3.8) is 0 Å². The summed E-state index contributed by atoms with van der Waals surface area (Å²) in [6, 6.07) is 17.7. The second-order valence-electron chi connectivity index (χ2n) is 6.28. The molecule has 0 aliphatic heterocycles. The van der Waals surface area contributed by atoms with Crippen LogP contribution in [0.4, 0.5) is 5.13 Å². The molecule has 0 atom stereocenters. The number of hydrogen-bond acceptors (Lipinski definition) is 6. The highest BCUT2D eigenvalue weighted by Crippen LogP contribution is 2.35. The van der Waals surface area contributed by atoms with Crippen molar-refractivity contribution in [1.82, 2.24) is 9.97 Å². The zero-order valence-corrected chi connectivity index (χ0v) is 18.5. The van der Waals surface area contributed by atoms with Crippen molar-refractivity contribution in [1.29, 1.82) is 0 Å². The third kappa shape index (κ3) is 4.32. The van der Waals surface area contributed by atoms with Crippen LogP contribution in [0.1, 0.15) is 15.9 Å². The van der Waals surface area contributed by atoms with Crippen LogP contribution >= 0.6 is 34.9 Å². The average molecular weight is 438 g/mol. The van der Waals surface area contributed by atoms with Crippen LogP contribution in [0.15, 0.2) is 76.8 Å². The highest BCUT2D eigenvalue weighted by Gasteiger charge is 2.22. The van der Waals surface area contributed by atoms with E-state index in [1.165, 1.54) is 0 Å². The maximum absolute atomic E-state index is 13.4. The second-order valence-corrected chi connectivity index (χ2v) is 9.02. The van der Waals surface area contributed by atoms with Crippen LogP contribution in [0, 0.1) is 0 Å². The number of aromatic nitrogens is 2. The Morgan fingerprint density at radius 1 is 1.03 bits per heavy atom. The summed E-state index contributed by atoms with van der Waals surface area (Å²) in [5.74, 6) is -0.0636. The molecule has 0 unspecified atom stereocenters. The molecule has 0 fully saturated rings. The standard InChI is InChI=1S/C22H19N3OS3/c1-27-17-10-8-16(9-11-17)21(26)25(14-15-5-4-12-23-13-15)22-24-20-18(28-2)6-3-7-19(20)29-22/h3-13H,14H2,1-2H3. The smallest absolute Gasteiger partial charge is 0.260 e. The van der Waals surface area contributed by atoms with Gasteiger partial charge in [-0.05, 0) is 60.5 Å². The van der Waals surface area contributed by atoms with E-state index in [0.717, 1.165) is 25.6 Å². The lowest BCUT2D eigenvalue weighted by molar-refractivity contribution is 0.0985. The quantitative estimate of drug-likeness (QED) is 0.347. The van der Waals surface area contributed by atoms with Crippen molar-refractivity contribution in [3.8, 4) is 0 Å². The van der Waals surface area contributed by atoms with E-state index in [1.807, 2.05) is 55.0 Å². The fourth-order valence-electron chi connectivity index (χ4n) is 2.98. The first-order valence-corrected chi connectivity index (χ1v) is 12.2. The van der Waals surface area contributed by atoms with E-state index in [1.54, 1.807) is 52.2 Å². The minimum absolute atomic E-state index is 0.0636. The molecule has 7 heteroatoms. The zero-order valence-electron chi connectivity index (χ0n) is 16.0. The maximum atomic E-state index is 13.4. The molecule has 0 saturated heterocycles. The molecule has 4 rings (SSSR count). The molecule has 29 heavy (non-hydrogen) atoms. The summed E-state index contributed by atoms with van der Waals surface area (Å²) in [5.41, 5.74) is 2.56. The minimum atomic E-state index is -0.0636. The maximum Gasteiger partial charge on any atom is 0.260 e. The van der Waals surface area contributed by atoms with Crippen LogP contribution in [0.2, 0.25) is 0 Å². The summed E-state index contributed by atoms with van der Waals surface area (Å²) in [5, 5.41) is 0.698. The third-order valence-corrected chi connectivity index (χ3v) is 7.02. The molecule has 2 heterocycles. The number of amides is 1. The summed E-state index contributed by atoms with van der Waals surface area (Å²) in [4.78, 5) is 26.5. The number of fused-ring (bicyclic) bond motifs is 1. The van der Waals surface area contributed by atoms with E-state index in [2.05, 4.69) is 17.1 Å². The van der Waals surface area contributed by atoms with E-state index in [9.17, 15) is 4.79 Å². The average Bonchev–Trinajstić information content (AvgIpc) is 3.22. The summed E-state index contributed by atoms with van der Waals surface area (Å²) >= 11 is 4.86. The molecule has 0 bridgehead atoms. The predicted molar refractivity (Wildman–Crippen MR) is 124 cm³/mol. The molecular weight excluding hydrogens is 418 g/mol. The van der Waals surface area contributed by atoms with Gasteiger partial charge in [-0.25, -0.2) is 4.98 Å². The summed E-state index contributed by atoms with van der Waals surface area (Å²) in [6.07, 6.45) is 7.59. The summed E-state index contributed by atoms with van der Waals surface area (Å²) in [6.45, 7) is 0.422. The highest BCUT2D eigenvalue weighted by atomic mass is 32.2. The molecule has 2 aromatic heterocycles. The molecule has 2 aromatic carbocycles. The topological polar surface area (TPSA) is 46.1 Å². The molecule has 4 nitrogen and oxygen atoms in total. The molecule has 4 aromatic rings. The Bertz CT molecular complexity index is 1130. The van der Waals surface area contributed by atoms with Crippen LogP contribution in [-0.2, 0) is 6.54 Å². The van der Waals surface area contributed by atoms with Gasteiger partial charge in [0.1, 0.15) is 0 Å². The Morgan fingerprint density at radius 3 is 2.55 bits per heavy atom. The van der Waals surface area contributed by atoms with Crippen LogP contribution in [0.5, 0.6) is 0 Å². The predicted octanol–water partition coefficient (Wildman–Crippen LogP) is 5.98. The summed E-state index contributed by atoms with van der Waals surface area (Å²) in [7, 11) is 0. The van der Waals surface area contributed by atoms with Gasteiger partial charge in [0.2, 0.25) is 0 Å². The fraction of sp³-hybridized carbons (Fsp3) is 0.136. The van der Waals surface area contributed by atoms with Crippen LogP contribution in [0.3, 0.4) is 0 Å². The van der Waals surface area contributed by atoms with Gasteiger partial charge in [0, 0.05) is 27.7 Å². The number of benzene rings is 2. The van der Waals surface area contributed by atoms with Crippen molar-refractivity contribution in [2.24, 2.45) is 0 Å². The molecule has 0 spiro atoms. The largest absolute Gasteiger partial charge is 0.279 e. The van der Waals surface area contributed by atoms with E-state index >= 15 is 0 Å². The van der Waals surface area contributed by atoms with Gasteiger partial charge in [0.05, 0.1) is 16.8 Å². The Balaban J connectivity index is 1.76. The molecule has 0 aliphatic carbocycles. The Hall–Kier alpha value is -2.35. The lowest BCUT2D eigenvalue weighted by Crippen LogP contribution is -2.30. The zero-order chi connectivity index (χ0) is 20.2. The lowest BCUT2D eigenvalue weighted by Gasteiger charge is -2.20. The normalized spacial score (nSPS) is 11.0. The number of pyridine rings is 1. The Morgan fingerprint density at radius 2 is 1.86 bits per heavy atom. The van der Waals surface area contributed by atoms with Crippen LogP contribution < -0.4 is 4.90 Å². The van der Waals surface area contributed by atoms with Gasteiger partial charge in [0.15, 0.2) is 5.13 Å². The van der Waals surface area contributed by atoms with Crippen LogP contribution in [-0.4, -0.2) is 28.4 Å². The highest BCUT2D eigenvalue weighted by molar-refractivity contribution is 7.99. The molecule has 146 valence electrons. The number of nitrogens with zero attached hydrogens (tertiary/aromatic N) is 3. The molecule has 0 aliphatic rings. The van der Waals surface area contributed by atoms with Crippen molar-refractivity contribution >= 4 is 56.1 Å². The minimum Gasteiger partial charge on any atom is -0.279 e. The van der Waals surface area contributed by atoms with Gasteiger partial charge >= 0.3 is 0 Å². The van der Waals surface area contributed by atoms with Gasteiger partial charge in [-0.2, -0.15) is 0 Å². The van der Waals surface area contributed by atoms with Gasteiger partial charge < -0.3 is 0 Å². The number of para-hydroxylation sites is 1. The first-order valence-electron chi connectivity index (χ1n) is 8.98. The monoisotopic (exact) mass is 437 g/mol. The number of rotatable bonds is 6. The molecular formula is C22H19N3OS3. The molecule has 0 saturated carbocycles. The van der Waals surface area contributed by atoms with Crippen molar-refractivity contribution < 1.29 is 4.79 Å². The lowest BCUT2D eigenvalue weighted by atomic mass is 10.2. The van der Waals surface area contributed by atoms with E-state index in [-0.39, 0.29) is 5.91 Å². The molecule has 0 N–H and O–H groups in total. The van der Waals surface area contributed by atoms with Gasteiger partial charge in [0.25, 0.3) is 5.91 Å². The Kier molecular flexibility index (Phi) is 6.18. The number of carbonyl (C=O) groups is 1. The number of thiazole rings is 1. The van der Waals surface area contributed by atoms with E-state index in [4.69, 9.17) is 4.98 Å². The van der Waals surface area contributed by atoms with Crippen molar-refractivity contribution in [2.75, 3.05) is 17.4 Å². The van der Waals surface area contributed by atoms with Crippen molar-refractivity contribution in [3.05, 3.63) is 78.1 Å². The van der Waals surface area contributed by atoms with E-state index < -0.39 is 0 Å². The first-order chi connectivity index (χ1) is 14.2. The first kappa shape index (κ1) is 19.9. The SMILES string of the molecule is CSc1ccc(C(=O)N(Cc2cccnc2)c2nc3c(SC)cccc3s2)cc1. The molecule has 0 radical (unpaired) electrons. The number of carbonyl (C=O) groups excluding carboxylic acids is 1. The number of anilines is 1. The second kappa shape index (κ2) is 8.98. The third-order valence-electron chi connectivity index (χ3n) is 4.47. The van der Waals surface area contributed by atoms with Crippen LogP contribution in [0.25, 0.3) is 10.2 Å². The summed E-state index contributed by atoms with van der Waals surface area (Å²) < 4.78 is 1.08. The fourth-order valence-corrected chi connectivity index (χ4v) is 5.01. The number of thioether (sulfide) groups is 2. The van der Waals surface area contributed by atoms with Gasteiger partial charge in [-0.1, -0.05) is 23.5 Å². The van der Waals surface area contributed by atoms with Gasteiger partial charge in [-0.3, -0.25) is 14.7 Å².